The van der Waals surface area contributed by atoms with E-state index in [9.17, 15) is 28.9 Å². The van der Waals surface area contributed by atoms with Gasteiger partial charge in [-0.15, -0.1) is 0 Å². The van der Waals surface area contributed by atoms with Gasteiger partial charge in [-0.05, 0) is 72.7 Å². The zero-order valence-electron chi connectivity index (χ0n) is 19.5. The molecule has 1 fully saturated rings. The van der Waals surface area contributed by atoms with Crippen LogP contribution >= 0.6 is 0 Å². The molecular formula is C26H20FN3O7. The summed E-state index contributed by atoms with van der Waals surface area (Å²) < 4.78 is 24.8. The first-order chi connectivity index (χ1) is 17.8. The van der Waals surface area contributed by atoms with E-state index in [0.717, 1.165) is 17.0 Å². The maximum absolute atomic E-state index is 13.3. The second-order valence-corrected chi connectivity index (χ2v) is 7.79. The van der Waals surface area contributed by atoms with Gasteiger partial charge >= 0.3 is 6.03 Å². The predicted molar refractivity (Wildman–Crippen MR) is 130 cm³/mol. The number of nitrogens with zero attached hydrogens (tertiary/aromatic N) is 2. The van der Waals surface area contributed by atoms with E-state index in [1.165, 1.54) is 30.3 Å². The van der Waals surface area contributed by atoms with Gasteiger partial charge in [-0.1, -0.05) is 6.07 Å². The average Bonchev–Trinajstić information content (AvgIpc) is 2.87. The van der Waals surface area contributed by atoms with Crippen molar-refractivity contribution in [3.05, 3.63) is 99.4 Å². The Morgan fingerprint density at radius 1 is 0.973 bits per heavy atom. The van der Waals surface area contributed by atoms with E-state index in [1.807, 2.05) is 0 Å². The topological polar surface area (TPSA) is 128 Å². The highest BCUT2D eigenvalue weighted by molar-refractivity contribution is 6.39. The van der Waals surface area contributed by atoms with Gasteiger partial charge < -0.3 is 9.47 Å². The number of imide groups is 2. The Kier molecular flexibility index (Phi) is 7.23. The lowest BCUT2D eigenvalue weighted by Gasteiger charge is -2.26. The first-order valence-electron chi connectivity index (χ1n) is 11.1. The second-order valence-electron chi connectivity index (χ2n) is 7.79. The molecule has 1 aliphatic heterocycles. The molecule has 0 aromatic heterocycles. The number of anilines is 1. The Labute approximate surface area is 210 Å². The van der Waals surface area contributed by atoms with Gasteiger partial charge in [0.15, 0.2) is 11.5 Å². The largest absolute Gasteiger partial charge is 0.490 e. The zero-order chi connectivity index (χ0) is 26.5. The number of hydrogen-bond donors (Lipinski definition) is 1. The molecule has 0 radical (unpaired) electrons. The lowest BCUT2D eigenvalue weighted by Crippen LogP contribution is -2.54. The highest BCUT2D eigenvalue weighted by Crippen LogP contribution is 2.31. The molecule has 0 spiro atoms. The molecule has 1 heterocycles. The summed E-state index contributed by atoms with van der Waals surface area (Å²) in [4.78, 5) is 48.9. The normalized spacial score (nSPS) is 14.5. The van der Waals surface area contributed by atoms with Crippen LogP contribution in [0.5, 0.6) is 11.5 Å². The quantitative estimate of drug-likeness (QED) is 0.208. The molecule has 188 valence electrons. The number of benzene rings is 3. The molecule has 10 nitrogen and oxygen atoms in total. The molecule has 1 aliphatic rings. The molecule has 4 rings (SSSR count). The third-order valence-corrected chi connectivity index (χ3v) is 5.31. The molecule has 0 saturated carbocycles. The van der Waals surface area contributed by atoms with E-state index in [2.05, 4.69) is 5.32 Å². The number of hydrogen-bond acceptors (Lipinski definition) is 7. The molecule has 3 aromatic rings. The van der Waals surface area contributed by atoms with Crippen molar-refractivity contribution in [3.63, 3.8) is 0 Å². The number of nitro groups is 1. The number of halogens is 1. The van der Waals surface area contributed by atoms with Crippen LogP contribution in [-0.2, 0) is 16.2 Å². The van der Waals surface area contributed by atoms with E-state index in [4.69, 9.17) is 9.47 Å². The number of urea groups is 1. The number of nitro benzene ring substituents is 1. The highest BCUT2D eigenvalue weighted by atomic mass is 19.1. The summed E-state index contributed by atoms with van der Waals surface area (Å²) in [6.45, 7) is 2.20. The SMILES string of the molecule is CCOc1cc(/C=C2\C(=O)NC(=O)N(c3ccc(F)cc3)C2=O)ccc1OCc1ccc([N+](=O)[O-])cc1. The average molecular weight is 505 g/mol. The maximum Gasteiger partial charge on any atom is 0.335 e. The van der Waals surface area contributed by atoms with E-state index in [0.29, 0.717) is 29.2 Å². The summed E-state index contributed by atoms with van der Waals surface area (Å²) in [7, 11) is 0. The smallest absolute Gasteiger partial charge is 0.335 e. The monoisotopic (exact) mass is 505 g/mol. The molecular weight excluding hydrogens is 485 g/mol. The summed E-state index contributed by atoms with van der Waals surface area (Å²) >= 11 is 0. The molecule has 37 heavy (non-hydrogen) atoms. The van der Waals surface area contributed by atoms with Crippen LogP contribution in [0.15, 0.2) is 72.3 Å². The van der Waals surface area contributed by atoms with Gasteiger partial charge in [0.1, 0.15) is 18.0 Å². The number of carbonyl (C=O) groups is 3. The van der Waals surface area contributed by atoms with Crippen LogP contribution in [0.1, 0.15) is 18.1 Å². The Hall–Kier alpha value is -5.06. The third kappa shape index (κ3) is 5.61. The molecule has 11 heteroatoms. The molecule has 0 aliphatic carbocycles. The van der Waals surface area contributed by atoms with Gasteiger partial charge in [-0.2, -0.15) is 0 Å². The number of ether oxygens (including phenoxy) is 2. The minimum atomic E-state index is -0.941. The van der Waals surface area contributed by atoms with Crippen molar-refractivity contribution in [2.24, 2.45) is 0 Å². The molecule has 3 aromatic carbocycles. The number of amides is 4. The van der Waals surface area contributed by atoms with Crippen molar-refractivity contribution in [1.82, 2.24) is 5.32 Å². The van der Waals surface area contributed by atoms with Gasteiger partial charge in [-0.25, -0.2) is 14.1 Å². The fourth-order valence-corrected chi connectivity index (χ4v) is 3.53. The van der Waals surface area contributed by atoms with E-state index < -0.39 is 28.6 Å². The summed E-state index contributed by atoms with van der Waals surface area (Å²) in [6, 6.07) is 14.4. The van der Waals surface area contributed by atoms with Crippen molar-refractivity contribution < 1.29 is 33.2 Å². The molecule has 1 saturated heterocycles. The number of non-ortho nitro benzene ring substituents is 1. The molecule has 1 N–H and O–H groups in total. The first kappa shape index (κ1) is 25.0. The number of barbiturate groups is 1. The molecule has 0 unspecified atom stereocenters. The van der Waals surface area contributed by atoms with Crippen molar-refractivity contribution >= 4 is 35.3 Å². The van der Waals surface area contributed by atoms with Crippen molar-refractivity contribution in [1.29, 1.82) is 0 Å². The van der Waals surface area contributed by atoms with Crippen LogP contribution in [0, 0.1) is 15.9 Å². The summed E-state index contributed by atoms with van der Waals surface area (Å²) in [5, 5.41) is 12.9. The predicted octanol–water partition coefficient (Wildman–Crippen LogP) is 4.38. The van der Waals surface area contributed by atoms with Gasteiger partial charge in [0.2, 0.25) is 0 Å². The van der Waals surface area contributed by atoms with Crippen LogP contribution in [0.2, 0.25) is 0 Å². The van der Waals surface area contributed by atoms with Crippen LogP contribution in [0.3, 0.4) is 0 Å². The summed E-state index contributed by atoms with van der Waals surface area (Å²) in [6.07, 6.45) is 1.31. The minimum Gasteiger partial charge on any atom is -0.490 e. The van der Waals surface area contributed by atoms with Crippen LogP contribution < -0.4 is 19.7 Å². The minimum absolute atomic E-state index is 0.0304. The second kappa shape index (κ2) is 10.7. The number of rotatable bonds is 8. The van der Waals surface area contributed by atoms with Gasteiger partial charge in [0.05, 0.1) is 17.2 Å². The van der Waals surface area contributed by atoms with Crippen LogP contribution in [-0.4, -0.2) is 29.4 Å². The fourth-order valence-electron chi connectivity index (χ4n) is 3.53. The van der Waals surface area contributed by atoms with Crippen molar-refractivity contribution in [3.8, 4) is 11.5 Å². The first-order valence-corrected chi connectivity index (χ1v) is 11.1. The van der Waals surface area contributed by atoms with E-state index >= 15 is 0 Å². The lowest BCUT2D eigenvalue weighted by molar-refractivity contribution is -0.384. The molecule has 0 bridgehead atoms. The van der Waals surface area contributed by atoms with Crippen molar-refractivity contribution in [2.45, 2.75) is 13.5 Å². The third-order valence-electron chi connectivity index (χ3n) is 5.31. The van der Waals surface area contributed by atoms with Crippen LogP contribution in [0.4, 0.5) is 20.6 Å². The van der Waals surface area contributed by atoms with E-state index in [-0.39, 0.29) is 23.6 Å². The van der Waals surface area contributed by atoms with Gasteiger partial charge in [0, 0.05) is 12.1 Å². The Morgan fingerprint density at radius 2 is 1.68 bits per heavy atom. The fraction of sp³-hybridized carbons (Fsp3) is 0.115. The zero-order valence-corrected chi connectivity index (χ0v) is 19.5. The Balaban J connectivity index is 1.57. The van der Waals surface area contributed by atoms with E-state index in [1.54, 1.807) is 37.3 Å². The summed E-state index contributed by atoms with van der Waals surface area (Å²) in [5.41, 5.74) is 0.905. The number of nitrogens with one attached hydrogen (secondary N) is 1. The van der Waals surface area contributed by atoms with Gasteiger partial charge in [-0.3, -0.25) is 25.0 Å². The van der Waals surface area contributed by atoms with Gasteiger partial charge in [0.25, 0.3) is 17.5 Å². The number of carbonyl (C=O) groups excluding carboxylic acids is 3. The lowest BCUT2D eigenvalue weighted by atomic mass is 10.1. The highest BCUT2D eigenvalue weighted by Gasteiger charge is 2.36. The Morgan fingerprint density at radius 3 is 2.32 bits per heavy atom. The molecule has 4 amide bonds. The molecule has 0 atom stereocenters. The van der Waals surface area contributed by atoms with Crippen molar-refractivity contribution in [2.75, 3.05) is 11.5 Å². The standard InChI is InChI=1S/C26H20FN3O7/c1-2-36-23-14-17(5-12-22(23)37-15-16-3-8-20(9-4-16)30(34)35)13-21-24(31)28-26(33)29(25(21)32)19-10-6-18(27)7-11-19/h3-14H,2,15H2,1H3,(H,28,31,33)/b21-13+. The van der Waals surface area contributed by atoms with Crippen LogP contribution in [0.25, 0.3) is 6.08 Å². The maximum atomic E-state index is 13.3. The summed E-state index contributed by atoms with van der Waals surface area (Å²) in [5.74, 6) is -1.56. The Bertz CT molecular complexity index is 1400.